The lowest BCUT2D eigenvalue weighted by molar-refractivity contribution is -0.129. The van der Waals surface area contributed by atoms with Crippen LogP contribution < -0.4 is 14.9 Å². The Morgan fingerprint density at radius 2 is 1.93 bits per heavy atom. The van der Waals surface area contributed by atoms with Crippen LogP contribution in [0.2, 0.25) is 0 Å². The average Bonchev–Trinajstić information content (AvgIpc) is 3.31. The van der Waals surface area contributed by atoms with Crippen LogP contribution in [0.4, 0.5) is 0 Å². The second kappa shape index (κ2) is 10.3. The van der Waals surface area contributed by atoms with E-state index in [4.69, 9.17) is 9.47 Å². The van der Waals surface area contributed by atoms with Gasteiger partial charge in [0, 0.05) is 0 Å². The number of nitrogens with zero attached hydrogens (tertiary/aromatic N) is 1. The van der Waals surface area contributed by atoms with Gasteiger partial charge in [-0.2, -0.15) is 5.10 Å². The summed E-state index contributed by atoms with van der Waals surface area (Å²) in [6.45, 7) is 2.20. The predicted molar refractivity (Wildman–Crippen MR) is 114 cm³/mol. The number of carbonyl (C=O) groups is 2. The van der Waals surface area contributed by atoms with Crippen LogP contribution in [0.25, 0.3) is 0 Å². The molecule has 1 atom stereocenters. The number of hydrogen-bond donors (Lipinski definition) is 2. The quantitative estimate of drug-likeness (QED) is 0.249. The summed E-state index contributed by atoms with van der Waals surface area (Å²) < 4.78 is 11.0. The van der Waals surface area contributed by atoms with E-state index in [0.29, 0.717) is 28.4 Å². The number of carbonyl (C=O) groups excluding carboxylic acids is 2. The average molecular weight is 424 g/mol. The van der Waals surface area contributed by atoms with Gasteiger partial charge in [0.1, 0.15) is 4.88 Å². The van der Waals surface area contributed by atoms with Crippen molar-refractivity contribution in [2.75, 3.05) is 6.61 Å². The van der Waals surface area contributed by atoms with Crippen molar-refractivity contribution >= 4 is 29.4 Å². The van der Waals surface area contributed by atoms with Crippen molar-refractivity contribution in [3.63, 3.8) is 0 Å². The number of benzene rings is 2. The van der Waals surface area contributed by atoms with E-state index in [1.54, 1.807) is 66.0 Å². The minimum Gasteiger partial charge on any atom is -0.490 e. The number of rotatable bonds is 8. The molecule has 2 N–H and O–H groups in total. The van der Waals surface area contributed by atoms with Crippen molar-refractivity contribution in [3.8, 4) is 11.5 Å². The first-order valence-electron chi connectivity index (χ1n) is 9.17. The molecular formula is C22H20N2O5S. The number of nitrogens with one attached hydrogen (secondary N) is 1. The number of esters is 1. The summed E-state index contributed by atoms with van der Waals surface area (Å²) >= 11 is 1.29. The molecule has 0 fully saturated rings. The molecular weight excluding hydrogens is 404 g/mol. The molecule has 0 spiro atoms. The van der Waals surface area contributed by atoms with Crippen LogP contribution in [0.5, 0.6) is 11.5 Å². The van der Waals surface area contributed by atoms with Crippen molar-refractivity contribution in [1.82, 2.24) is 5.43 Å². The molecule has 1 unspecified atom stereocenters. The van der Waals surface area contributed by atoms with Crippen molar-refractivity contribution in [1.29, 1.82) is 0 Å². The van der Waals surface area contributed by atoms with Crippen LogP contribution in [-0.2, 0) is 4.79 Å². The zero-order valence-electron chi connectivity index (χ0n) is 16.1. The molecule has 7 nitrogen and oxygen atoms in total. The fraction of sp³-hybridized carbons (Fsp3) is 0.136. The van der Waals surface area contributed by atoms with E-state index in [2.05, 4.69) is 10.5 Å². The fourth-order valence-electron chi connectivity index (χ4n) is 2.52. The largest absolute Gasteiger partial charge is 0.490 e. The Morgan fingerprint density at radius 1 is 1.13 bits per heavy atom. The van der Waals surface area contributed by atoms with Crippen molar-refractivity contribution in [2.24, 2.45) is 5.10 Å². The Morgan fingerprint density at radius 3 is 2.63 bits per heavy atom. The van der Waals surface area contributed by atoms with Gasteiger partial charge in [0.25, 0.3) is 5.91 Å². The first-order valence-corrected chi connectivity index (χ1v) is 10.0. The smallest absolute Gasteiger partial charge is 0.353 e. The van der Waals surface area contributed by atoms with Gasteiger partial charge in [0.2, 0.25) is 0 Å². The van der Waals surface area contributed by atoms with Gasteiger partial charge in [-0.15, -0.1) is 11.3 Å². The SMILES string of the molecule is CCOc1cc(/C=N/NC(=O)C(O)c2ccccc2)ccc1OC(=O)c1cccs1. The lowest BCUT2D eigenvalue weighted by Gasteiger charge is -2.11. The third kappa shape index (κ3) is 5.53. The minimum atomic E-state index is -1.32. The number of amides is 1. The number of ether oxygens (including phenoxy) is 2. The Kier molecular flexibility index (Phi) is 7.31. The molecule has 1 heterocycles. The van der Waals surface area contributed by atoms with Crippen LogP contribution >= 0.6 is 11.3 Å². The van der Waals surface area contributed by atoms with E-state index in [1.165, 1.54) is 17.6 Å². The first kappa shape index (κ1) is 21.2. The molecule has 3 aromatic rings. The monoisotopic (exact) mass is 424 g/mol. The topological polar surface area (TPSA) is 97.2 Å². The predicted octanol–water partition coefficient (Wildman–Crippen LogP) is 3.55. The maximum atomic E-state index is 12.2. The summed E-state index contributed by atoms with van der Waals surface area (Å²) in [6.07, 6.45) is 0.0876. The molecule has 0 aliphatic carbocycles. The normalized spacial score (nSPS) is 11.8. The van der Waals surface area contributed by atoms with Gasteiger partial charge in [-0.3, -0.25) is 4.79 Å². The molecule has 0 saturated carbocycles. The Hall–Kier alpha value is -3.49. The summed E-state index contributed by atoms with van der Waals surface area (Å²) in [5.41, 5.74) is 3.39. The van der Waals surface area contributed by atoms with E-state index >= 15 is 0 Å². The van der Waals surface area contributed by atoms with Gasteiger partial charge < -0.3 is 14.6 Å². The third-order valence-electron chi connectivity index (χ3n) is 3.94. The Bertz CT molecular complexity index is 1020. The van der Waals surface area contributed by atoms with Gasteiger partial charge in [-0.25, -0.2) is 10.2 Å². The molecule has 1 amide bonds. The number of aliphatic hydroxyl groups is 1. The Balaban J connectivity index is 1.66. The van der Waals surface area contributed by atoms with Gasteiger partial charge in [-0.1, -0.05) is 36.4 Å². The molecule has 0 bridgehead atoms. The standard InChI is InChI=1S/C22H20N2O5S/c1-2-28-18-13-15(10-11-17(18)29-22(27)19-9-6-12-30-19)14-23-24-21(26)20(25)16-7-4-3-5-8-16/h3-14,20,25H,2H2,1H3,(H,24,26)/b23-14+. The highest BCUT2D eigenvalue weighted by Crippen LogP contribution is 2.29. The summed E-state index contributed by atoms with van der Waals surface area (Å²) in [4.78, 5) is 24.7. The number of hydrazone groups is 1. The molecule has 154 valence electrons. The van der Waals surface area contributed by atoms with Crippen LogP contribution in [0.15, 0.2) is 71.1 Å². The molecule has 0 aliphatic rings. The highest BCUT2D eigenvalue weighted by molar-refractivity contribution is 7.12. The molecule has 8 heteroatoms. The van der Waals surface area contributed by atoms with E-state index in [-0.39, 0.29) is 5.75 Å². The number of aliphatic hydroxyl groups excluding tert-OH is 1. The van der Waals surface area contributed by atoms with Gasteiger partial charge in [-0.05, 0) is 47.7 Å². The zero-order valence-corrected chi connectivity index (χ0v) is 17.0. The highest BCUT2D eigenvalue weighted by atomic mass is 32.1. The Labute approximate surface area is 177 Å². The highest BCUT2D eigenvalue weighted by Gasteiger charge is 2.16. The van der Waals surface area contributed by atoms with Crippen molar-refractivity contribution < 1.29 is 24.2 Å². The maximum Gasteiger partial charge on any atom is 0.353 e. The molecule has 3 rings (SSSR count). The summed E-state index contributed by atoms with van der Waals surface area (Å²) in [6, 6.07) is 16.9. The fourth-order valence-corrected chi connectivity index (χ4v) is 3.12. The second-order valence-electron chi connectivity index (χ2n) is 6.05. The van der Waals surface area contributed by atoms with Crippen molar-refractivity contribution in [3.05, 3.63) is 82.0 Å². The molecule has 0 radical (unpaired) electrons. The second-order valence-corrected chi connectivity index (χ2v) is 7.00. The first-order chi connectivity index (χ1) is 14.6. The van der Waals surface area contributed by atoms with E-state index in [1.807, 2.05) is 6.92 Å². The number of thiophene rings is 1. The van der Waals surface area contributed by atoms with Crippen LogP contribution in [0, 0.1) is 0 Å². The van der Waals surface area contributed by atoms with Crippen LogP contribution in [-0.4, -0.2) is 29.8 Å². The molecule has 0 aliphatic heterocycles. The van der Waals surface area contributed by atoms with Gasteiger partial charge in [0.05, 0.1) is 12.8 Å². The van der Waals surface area contributed by atoms with E-state index < -0.39 is 18.0 Å². The van der Waals surface area contributed by atoms with E-state index in [9.17, 15) is 14.7 Å². The minimum absolute atomic E-state index is 0.288. The zero-order chi connectivity index (χ0) is 21.3. The molecule has 30 heavy (non-hydrogen) atoms. The summed E-state index contributed by atoms with van der Waals surface area (Å²) in [5, 5.41) is 15.7. The van der Waals surface area contributed by atoms with Crippen LogP contribution in [0.1, 0.15) is 33.8 Å². The summed E-state index contributed by atoms with van der Waals surface area (Å²) in [7, 11) is 0. The lowest BCUT2D eigenvalue weighted by Crippen LogP contribution is -2.25. The molecule has 2 aromatic carbocycles. The number of hydrogen-bond acceptors (Lipinski definition) is 7. The van der Waals surface area contributed by atoms with Gasteiger partial charge >= 0.3 is 5.97 Å². The van der Waals surface area contributed by atoms with Crippen LogP contribution in [0.3, 0.4) is 0 Å². The van der Waals surface area contributed by atoms with Gasteiger partial charge in [0.15, 0.2) is 17.6 Å². The maximum absolute atomic E-state index is 12.2. The molecule has 1 aromatic heterocycles. The lowest BCUT2D eigenvalue weighted by atomic mass is 10.1. The summed E-state index contributed by atoms with van der Waals surface area (Å²) in [5.74, 6) is -0.448. The molecule has 0 saturated heterocycles. The third-order valence-corrected chi connectivity index (χ3v) is 4.79. The van der Waals surface area contributed by atoms with E-state index in [0.717, 1.165) is 0 Å². The van der Waals surface area contributed by atoms with Crippen molar-refractivity contribution in [2.45, 2.75) is 13.0 Å².